The molecule has 1 saturated heterocycles. The lowest BCUT2D eigenvalue weighted by atomic mass is 10.3. The summed E-state index contributed by atoms with van der Waals surface area (Å²) in [5.74, 6) is 0. The van der Waals surface area contributed by atoms with Crippen LogP contribution in [-0.2, 0) is 0 Å². The van der Waals surface area contributed by atoms with Crippen molar-refractivity contribution in [2.24, 2.45) is 0 Å². The highest BCUT2D eigenvalue weighted by Crippen LogP contribution is 2.26. The summed E-state index contributed by atoms with van der Waals surface area (Å²) in [5, 5.41) is 1.45. The summed E-state index contributed by atoms with van der Waals surface area (Å²) in [7, 11) is 0. The van der Waals surface area contributed by atoms with Crippen molar-refractivity contribution in [1.29, 1.82) is 0 Å². The third-order valence-corrected chi connectivity index (χ3v) is 4.36. The van der Waals surface area contributed by atoms with Gasteiger partial charge in [0.1, 0.15) is 0 Å². The van der Waals surface area contributed by atoms with Gasteiger partial charge in [0.2, 0.25) is 0 Å². The Hall–Kier alpha value is -0.540. The maximum atomic E-state index is 2.58. The van der Waals surface area contributed by atoms with Gasteiger partial charge in [0, 0.05) is 37.1 Å². The highest BCUT2D eigenvalue weighted by Gasteiger charge is 2.17. The number of hydrogen-bond acceptors (Lipinski definition) is 3. The van der Waals surface area contributed by atoms with E-state index in [1.807, 2.05) is 11.3 Å². The van der Waals surface area contributed by atoms with Gasteiger partial charge in [0.25, 0.3) is 0 Å². The predicted molar refractivity (Wildman–Crippen MR) is 72.6 cm³/mol. The molecule has 1 aliphatic rings. The summed E-state index contributed by atoms with van der Waals surface area (Å²) in [6.45, 7) is 11.6. The molecule has 0 radical (unpaired) electrons. The number of thiophene rings is 1. The molecule has 1 aliphatic heterocycles. The molecule has 1 aromatic heterocycles. The molecule has 3 heteroatoms. The number of nitrogens with zero attached hydrogens (tertiary/aromatic N) is 2. The van der Waals surface area contributed by atoms with Crippen molar-refractivity contribution in [3.05, 3.63) is 17.0 Å². The summed E-state index contributed by atoms with van der Waals surface area (Å²) in [6, 6.07) is 5.18. The second kappa shape index (κ2) is 5.19. The van der Waals surface area contributed by atoms with Crippen LogP contribution < -0.4 is 4.90 Å². The highest BCUT2D eigenvalue weighted by atomic mass is 32.1. The molecular weight excluding hydrogens is 216 g/mol. The van der Waals surface area contributed by atoms with E-state index in [1.54, 1.807) is 0 Å². The van der Waals surface area contributed by atoms with Gasteiger partial charge in [0.05, 0.1) is 5.00 Å². The van der Waals surface area contributed by atoms with E-state index in [0.29, 0.717) is 6.04 Å². The van der Waals surface area contributed by atoms with Gasteiger partial charge in [0.15, 0.2) is 0 Å². The second-order valence-electron chi connectivity index (χ2n) is 4.85. The Bertz CT molecular complexity index is 332. The summed E-state index contributed by atoms with van der Waals surface area (Å²) in [6.07, 6.45) is 1.29. The van der Waals surface area contributed by atoms with Crippen molar-refractivity contribution in [3.63, 3.8) is 0 Å². The Morgan fingerprint density at radius 3 is 2.56 bits per heavy atom. The molecular formula is C13H22N2S. The Kier molecular flexibility index (Phi) is 3.87. The lowest BCUT2D eigenvalue weighted by Crippen LogP contribution is -2.34. The van der Waals surface area contributed by atoms with Crippen molar-refractivity contribution in [1.82, 2.24) is 4.90 Å². The van der Waals surface area contributed by atoms with Gasteiger partial charge < -0.3 is 4.90 Å². The van der Waals surface area contributed by atoms with Crippen LogP contribution in [0.25, 0.3) is 0 Å². The van der Waals surface area contributed by atoms with Gasteiger partial charge >= 0.3 is 0 Å². The van der Waals surface area contributed by atoms with Crippen LogP contribution in [0.2, 0.25) is 0 Å². The van der Waals surface area contributed by atoms with Crippen molar-refractivity contribution in [2.45, 2.75) is 33.2 Å². The average molecular weight is 238 g/mol. The monoisotopic (exact) mass is 238 g/mol. The van der Waals surface area contributed by atoms with E-state index in [1.165, 1.54) is 42.5 Å². The lowest BCUT2D eigenvalue weighted by molar-refractivity contribution is 0.238. The Labute approximate surface area is 103 Å². The van der Waals surface area contributed by atoms with E-state index < -0.39 is 0 Å². The summed E-state index contributed by atoms with van der Waals surface area (Å²) in [4.78, 5) is 6.54. The van der Waals surface area contributed by atoms with Gasteiger partial charge in [-0.05, 0) is 39.3 Å². The third-order valence-electron chi connectivity index (χ3n) is 3.30. The van der Waals surface area contributed by atoms with Gasteiger partial charge in [-0.15, -0.1) is 11.3 Å². The van der Waals surface area contributed by atoms with Crippen LogP contribution in [0.3, 0.4) is 0 Å². The molecule has 0 spiro atoms. The van der Waals surface area contributed by atoms with E-state index in [9.17, 15) is 0 Å². The van der Waals surface area contributed by atoms with Crippen LogP contribution in [0, 0.1) is 6.92 Å². The lowest BCUT2D eigenvalue weighted by Gasteiger charge is -2.25. The standard InChI is InChI=1S/C13H22N2S/c1-11(2)14-7-4-8-15(10-9-14)13-6-5-12(3)16-13/h5-6,11H,4,7-10H2,1-3H3. The van der Waals surface area contributed by atoms with Crippen molar-refractivity contribution in [2.75, 3.05) is 31.1 Å². The van der Waals surface area contributed by atoms with Crippen LogP contribution in [0.5, 0.6) is 0 Å². The van der Waals surface area contributed by atoms with E-state index in [0.717, 1.165) is 0 Å². The Balaban J connectivity index is 1.98. The number of anilines is 1. The second-order valence-corrected chi connectivity index (χ2v) is 6.12. The molecule has 0 N–H and O–H groups in total. The number of rotatable bonds is 2. The van der Waals surface area contributed by atoms with Crippen molar-refractivity contribution >= 4 is 16.3 Å². The molecule has 1 fully saturated rings. The average Bonchev–Trinajstić information content (AvgIpc) is 2.54. The normalized spacial score (nSPS) is 19.1. The van der Waals surface area contributed by atoms with Crippen LogP contribution >= 0.6 is 11.3 Å². The fraction of sp³-hybridized carbons (Fsp3) is 0.692. The zero-order valence-electron chi connectivity index (χ0n) is 10.6. The SMILES string of the molecule is Cc1ccc(N2CCCN(C(C)C)CC2)s1. The predicted octanol–water partition coefficient (Wildman–Crippen LogP) is 2.98. The third kappa shape index (κ3) is 2.77. The van der Waals surface area contributed by atoms with Gasteiger partial charge in [-0.1, -0.05) is 0 Å². The first-order valence-corrected chi connectivity index (χ1v) is 7.04. The molecule has 0 unspecified atom stereocenters. The minimum Gasteiger partial charge on any atom is -0.362 e. The first-order valence-electron chi connectivity index (χ1n) is 6.22. The topological polar surface area (TPSA) is 6.48 Å². The Morgan fingerprint density at radius 1 is 1.12 bits per heavy atom. The van der Waals surface area contributed by atoms with Gasteiger partial charge in [-0.2, -0.15) is 0 Å². The fourth-order valence-corrected chi connectivity index (χ4v) is 3.18. The maximum Gasteiger partial charge on any atom is 0.0911 e. The van der Waals surface area contributed by atoms with Crippen LogP contribution in [0.15, 0.2) is 12.1 Å². The fourth-order valence-electron chi connectivity index (χ4n) is 2.27. The Morgan fingerprint density at radius 2 is 1.94 bits per heavy atom. The van der Waals surface area contributed by atoms with Gasteiger partial charge in [-0.25, -0.2) is 0 Å². The van der Waals surface area contributed by atoms with Crippen LogP contribution in [-0.4, -0.2) is 37.1 Å². The quantitative estimate of drug-likeness (QED) is 0.781. The molecule has 2 heterocycles. The van der Waals surface area contributed by atoms with Crippen LogP contribution in [0.4, 0.5) is 5.00 Å². The zero-order chi connectivity index (χ0) is 11.5. The molecule has 0 amide bonds. The maximum absolute atomic E-state index is 2.58. The summed E-state index contributed by atoms with van der Waals surface area (Å²) < 4.78 is 0. The first kappa shape index (κ1) is 11.9. The summed E-state index contributed by atoms with van der Waals surface area (Å²) in [5.41, 5.74) is 0. The van der Waals surface area contributed by atoms with E-state index in [4.69, 9.17) is 0 Å². The molecule has 0 atom stereocenters. The molecule has 0 aromatic carbocycles. The summed E-state index contributed by atoms with van der Waals surface area (Å²) >= 11 is 1.92. The van der Waals surface area contributed by atoms with Gasteiger partial charge in [-0.3, -0.25) is 4.90 Å². The number of aryl methyl sites for hydroxylation is 1. The van der Waals surface area contributed by atoms with E-state index in [2.05, 4.69) is 42.7 Å². The molecule has 90 valence electrons. The zero-order valence-corrected chi connectivity index (χ0v) is 11.4. The highest BCUT2D eigenvalue weighted by molar-refractivity contribution is 7.16. The largest absolute Gasteiger partial charge is 0.362 e. The minimum atomic E-state index is 0.685. The molecule has 2 rings (SSSR count). The number of hydrogen-bond donors (Lipinski definition) is 0. The molecule has 0 saturated carbocycles. The van der Waals surface area contributed by atoms with Crippen molar-refractivity contribution in [3.8, 4) is 0 Å². The molecule has 2 nitrogen and oxygen atoms in total. The first-order chi connectivity index (χ1) is 7.66. The minimum absolute atomic E-state index is 0.685. The molecule has 16 heavy (non-hydrogen) atoms. The molecule has 0 aliphatic carbocycles. The van der Waals surface area contributed by atoms with E-state index in [-0.39, 0.29) is 0 Å². The molecule has 1 aromatic rings. The van der Waals surface area contributed by atoms with Crippen molar-refractivity contribution < 1.29 is 0 Å². The van der Waals surface area contributed by atoms with E-state index >= 15 is 0 Å². The van der Waals surface area contributed by atoms with Crippen LogP contribution in [0.1, 0.15) is 25.1 Å². The smallest absolute Gasteiger partial charge is 0.0911 e. The molecule has 0 bridgehead atoms.